The molecule has 0 bridgehead atoms. The molecular formula is C39H77NO6. The second kappa shape index (κ2) is 33.9. The van der Waals surface area contributed by atoms with Gasteiger partial charge >= 0.3 is 0 Å². The van der Waals surface area contributed by atoms with Gasteiger partial charge in [-0.2, -0.15) is 0 Å². The highest BCUT2D eigenvalue weighted by atomic mass is 16.3. The van der Waals surface area contributed by atoms with E-state index in [0.29, 0.717) is 19.3 Å². The molecule has 274 valence electrons. The molecule has 0 saturated carbocycles. The Hall–Kier alpha value is -0.990. The maximum Gasteiger partial charge on any atom is 0.249 e. The number of nitrogens with one attached hydrogen (secondary N) is 1. The normalized spacial score (nSPS) is 15.2. The van der Waals surface area contributed by atoms with Gasteiger partial charge < -0.3 is 30.8 Å². The second-order valence-corrected chi connectivity index (χ2v) is 13.8. The van der Waals surface area contributed by atoms with Crippen molar-refractivity contribution in [2.45, 2.75) is 224 Å². The molecule has 0 heterocycles. The molecule has 7 nitrogen and oxygen atoms in total. The van der Waals surface area contributed by atoms with Gasteiger partial charge in [0.25, 0.3) is 0 Å². The Bertz CT molecular complexity index is 675. The van der Waals surface area contributed by atoms with Gasteiger partial charge in [-0.1, -0.05) is 167 Å². The molecule has 5 atom stereocenters. The maximum atomic E-state index is 12.4. The zero-order valence-corrected chi connectivity index (χ0v) is 30.2. The van der Waals surface area contributed by atoms with E-state index in [4.69, 9.17) is 0 Å². The van der Waals surface area contributed by atoms with Crippen LogP contribution in [0.1, 0.15) is 194 Å². The van der Waals surface area contributed by atoms with Crippen molar-refractivity contribution < 1.29 is 30.3 Å². The molecule has 0 fully saturated rings. The molecule has 0 spiro atoms. The van der Waals surface area contributed by atoms with Crippen LogP contribution in [0.25, 0.3) is 0 Å². The van der Waals surface area contributed by atoms with Crippen LogP contribution < -0.4 is 5.32 Å². The zero-order valence-electron chi connectivity index (χ0n) is 30.2. The van der Waals surface area contributed by atoms with Crippen molar-refractivity contribution in [2.75, 3.05) is 6.61 Å². The largest absolute Gasteiger partial charge is 0.394 e. The first kappa shape index (κ1) is 45.0. The van der Waals surface area contributed by atoms with E-state index in [2.05, 4.69) is 25.2 Å². The average molecular weight is 656 g/mol. The first-order chi connectivity index (χ1) is 22.4. The van der Waals surface area contributed by atoms with E-state index in [-0.39, 0.29) is 6.42 Å². The molecule has 46 heavy (non-hydrogen) atoms. The van der Waals surface area contributed by atoms with Crippen molar-refractivity contribution >= 4 is 5.91 Å². The highest BCUT2D eigenvalue weighted by molar-refractivity contribution is 5.80. The van der Waals surface area contributed by atoms with Crippen LogP contribution in [0.15, 0.2) is 12.2 Å². The Morgan fingerprint density at radius 3 is 1.39 bits per heavy atom. The molecule has 7 heteroatoms. The number of amides is 1. The molecule has 0 aliphatic rings. The second-order valence-electron chi connectivity index (χ2n) is 13.8. The number of aliphatic hydroxyl groups is 5. The number of rotatable bonds is 35. The van der Waals surface area contributed by atoms with Gasteiger partial charge in [0.05, 0.1) is 31.0 Å². The summed E-state index contributed by atoms with van der Waals surface area (Å²) in [6.07, 6.45) is 30.9. The van der Waals surface area contributed by atoms with Gasteiger partial charge in [0.1, 0.15) is 6.10 Å². The minimum Gasteiger partial charge on any atom is -0.394 e. The van der Waals surface area contributed by atoms with Crippen molar-refractivity contribution in [1.29, 1.82) is 0 Å². The Labute approximate surface area is 284 Å². The van der Waals surface area contributed by atoms with E-state index in [0.717, 1.165) is 25.7 Å². The third kappa shape index (κ3) is 28.1. The van der Waals surface area contributed by atoms with E-state index < -0.39 is 43.0 Å². The molecule has 0 aliphatic carbocycles. The summed E-state index contributed by atoms with van der Waals surface area (Å²) in [5.41, 5.74) is 0. The molecule has 6 N–H and O–H groups in total. The Morgan fingerprint density at radius 1 is 0.522 bits per heavy atom. The van der Waals surface area contributed by atoms with Crippen LogP contribution in [0.5, 0.6) is 0 Å². The SMILES string of the molecule is CCCCCCCCCCCCCCC=CCCC(O)C(O)CC(O)C(CO)NC(=O)C(O)CCCCCCCCCCCCC. The molecule has 0 aliphatic heterocycles. The number of aliphatic hydroxyl groups excluding tert-OH is 5. The molecule has 0 aromatic heterocycles. The van der Waals surface area contributed by atoms with Gasteiger partial charge in [-0.05, 0) is 32.1 Å². The molecule has 5 unspecified atom stereocenters. The number of carbonyl (C=O) groups excluding carboxylic acids is 1. The van der Waals surface area contributed by atoms with E-state index in [1.807, 2.05) is 6.08 Å². The smallest absolute Gasteiger partial charge is 0.249 e. The van der Waals surface area contributed by atoms with Gasteiger partial charge in [-0.3, -0.25) is 4.79 Å². The summed E-state index contributed by atoms with van der Waals surface area (Å²) in [6.45, 7) is 3.97. The fourth-order valence-corrected chi connectivity index (χ4v) is 6.04. The molecule has 0 radical (unpaired) electrons. The van der Waals surface area contributed by atoms with Gasteiger partial charge in [0.15, 0.2) is 0 Å². The average Bonchev–Trinajstić information content (AvgIpc) is 3.05. The number of unbranched alkanes of at least 4 members (excludes halogenated alkanes) is 22. The summed E-state index contributed by atoms with van der Waals surface area (Å²) >= 11 is 0. The zero-order chi connectivity index (χ0) is 34.1. The number of hydrogen-bond acceptors (Lipinski definition) is 6. The van der Waals surface area contributed by atoms with E-state index in [9.17, 15) is 30.3 Å². The highest BCUT2D eigenvalue weighted by Crippen LogP contribution is 2.16. The van der Waals surface area contributed by atoms with Crippen molar-refractivity contribution in [1.82, 2.24) is 5.32 Å². The van der Waals surface area contributed by atoms with Crippen LogP contribution in [0.4, 0.5) is 0 Å². The monoisotopic (exact) mass is 656 g/mol. The molecule has 1 amide bonds. The fraction of sp³-hybridized carbons (Fsp3) is 0.923. The van der Waals surface area contributed by atoms with Gasteiger partial charge in [0, 0.05) is 6.42 Å². The summed E-state index contributed by atoms with van der Waals surface area (Å²) in [7, 11) is 0. The molecule has 0 rings (SSSR count). The summed E-state index contributed by atoms with van der Waals surface area (Å²) in [5, 5.41) is 53.7. The minimum absolute atomic E-state index is 0.177. The first-order valence-corrected chi connectivity index (χ1v) is 19.7. The standard InChI is InChI=1S/C39H77NO6/c1-3-5-7-9-11-13-15-16-17-18-19-21-22-24-26-28-30-35(42)38(45)32-37(44)34(33-41)40-39(46)36(43)31-29-27-25-23-20-14-12-10-8-6-4-2/h24,26,34-38,41-45H,3-23,25,27-33H2,1-2H3,(H,40,46). The van der Waals surface area contributed by atoms with Crippen molar-refractivity contribution in [3.8, 4) is 0 Å². The predicted molar refractivity (Wildman–Crippen MR) is 193 cm³/mol. The van der Waals surface area contributed by atoms with Crippen LogP contribution in [-0.4, -0.2) is 68.5 Å². The fourth-order valence-electron chi connectivity index (χ4n) is 6.04. The summed E-state index contributed by atoms with van der Waals surface area (Å²) in [6, 6.07) is -1.02. The lowest BCUT2D eigenvalue weighted by atomic mass is 9.98. The third-order valence-electron chi connectivity index (χ3n) is 9.32. The minimum atomic E-state index is -1.24. The van der Waals surface area contributed by atoms with E-state index in [1.165, 1.54) is 128 Å². The van der Waals surface area contributed by atoms with Crippen LogP contribution in [0, 0.1) is 0 Å². The topological polar surface area (TPSA) is 130 Å². The number of allylic oxidation sites excluding steroid dienone is 2. The lowest BCUT2D eigenvalue weighted by molar-refractivity contribution is -0.132. The Kier molecular flexibility index (Phi) is 33.2. The van der Waals surface area contributed by atoms with Gasteiger partial charge in [-0.15, -0.1) is 0 Å². The quantitative estimate of drug-likeness (QED) is 0.0300. The van der Waals surface area contributed by atoms with Crippen LogP contribution in [0.3, 0.4) is 0 Å². The summed E-state index contributed by atoms with van der Waals surface area (Å²) in [5.74, 6) is -0.626. The Balaban J connectivity index is 3.93. The van der Waals surface area contributed by atoms with Crippen LogP contribution in [-0.2, 0) is 4.79 Å². The van der Waals surface area contributed by atoms with E-state index in [1.54, 1.807) is 0 Å². The van der Waals surface area contributed by atoms with Crippen molar-refractivity contribution in [2.24, 2.45) is 0 Å². The lowest BCUT2D eigenvalue weighted by Crippen LogP contribution is -2.50. The van der Waals surface area contributed by atoms with Crippen LogP contribution >= 0.6 is 0 Å². The Morgan fingerprint density at radius 2 is 0.935 bits per heavy atom. The molecular weight excluding hydrogens is 578 g/mol. The maximum absolute atomic E-state index is 12.4. The van der Waals surface area contributed by atoms with Gasteiger partial charge in [0.2, 0.25) is 5.91 Å². The third-order valence-corrected chi connectivity index (χ3v) is 9.32. The van der Waals surface area contributed by atoms with Crippen LogP contribution in [0.2, 0.25) is 0 Å². The van der Waals surface area contributed by atoms with Gasteiger partial charge in [-0.25, -0.2) is 0 Å². The molecule has 0 aromatic carbocycles. The molecule has 0 saturated heterocycles. The van der Waals surface area contributed by atoms with Crippen molar-refractivity contribution in [3.63, 3.8) is 0 Å². The van der Waals surface area contributed by atoms with Crippen molar-refractivity contribution in [3.05, 3.63) is 12.2 Å². The summed E-state index contributed by atoms with van der Waals surface area (Å²) in [4.78, 5) is 12.4. The number of hydrogen-bond donors (Lipinski definition) is 6. The molecule has 0 aromatic rings. The highest BCUT2D eigenvalue weighted by Gasteiger charge is 2.28. The lowest BCUT2D eigenvalue weighted by Gasteiger charge is -2.27. The summed E-state index contributed by atoms with van der Waals surface area (Å²) < 4.78 is 0. The van der Waals surface area contributed by atoms with E-state index >= 15 is 0 Å². The predicted octanol–water partition coefficient (Wildman–Crippen LogP) is 8.43. The number of carbonyl (C=O) groups is 1. The first-order valence-electron chi connectivity index (χ1n) is 19.7.